The maximum atomic E-state index is 15.1. The van der Waals surface area contributed by atoms with Crippen LogP contribution < -0.4 is 0 Å². The Morgan fingerprint density at radius 2 is 1.85 bits per heavy atom. The highest BCUT2D eigenvalue weighted by Crippen LogP contribution is 2.53. The van der Waals surface area contributed by atoms with Crippen molar-refractivity contribution in [1.29, 1.82) is 0 Å². The van der Waals surface area contributed by atoms with Gasteiger partial charge in [-0.25, -0.2) is 4.39 Å². The molecule has 216 valence electrons. The van der Waals surface area contributed by atoms with Crippen LogP contribution in [0.4, 0.5) is 17.6 Å². The van der Waals surface area contributed by atoms with Gasteiger partial charge in [-0.3, -0.25) is 0 Å². The zero-order chi connectivity index (χ0) is 28.0. The van der Waals surface area contributed by atoms with Crippen molar-refractivity contribution < 1.29 is 17.6 Å². The van der Waals surface area contributed by atoms with Crippen molar-refractivity contribution in [1.82, 2.24) is 9.80 Å². The van der Waals surface area contributed by atoms with E-state index < -0.39 is 11.6 Å². The van der Waals surface area contributed by atoms with E-state index in [1.165, 1.54) is 6.42 Å². The summed E-state index contributed by atoms with van der Waals surface area (Å²) in [5.41, 5.74) is 1.78. The van der Waals surface area contributed by atoms with Crippen LogP contribution in [-0.4, -0.2) is 48.7 Å². The molecule has 0 bridgehead atoms. The normalized spacial score (nSPS) is 23.3. The molecule has 0 amide bonds. The Kier molecular flexibility index (Phi) is 10.0. The quantitative estimate of drug-likeness (QED) is 0.164. The van der Waals surface area contributed by atoms with Crippen LogP contribution in [0.2, 0.25) is 0 Å². The minimum absolute atomic E-state index is 0.186. The molecule has 0 N–H and O–H groups in total. The Hall–Kier alpha value is -2.08. The van der Waals surface area contributed by atoms with Crippen LogP contribution in [0, 0.1) is 23.1 Å². The highest BCUT2D eigenvalue weighted by atomic mass is 19.4. The second-order valence-corrected chi connectivity index (χ2v) is 12.3. The van der Waals surface area contributed by atoms with Gasteiger partial charge >= 0.3 is 6.18 Å². The van der Waals surface area contributed by atoms with Crippen molar-refractivity contribution in [2.45, 2.75) is 84.2 Å². The topological polar surface area (TPSA) is 6.48 Å². The zero-order valence-electron chi connectivity index (χ0n) is 23.8. The lowest BCUT2D eigenvalue weighted by Gasteiger charge is -2.47. The smallest absolute Gasteiger partial charge is 0.371 e. The minimum atomic E-state index is -4.07. The first-order valence-electron chi connectivity index (χ1n) is 15.0. The molecule has 1 saturated carbocycles. The molecule has 4 rings (SSSR count). The van der Waals surface area contributed by atoms with E-state index in [9.17, 15) is 13.2 Å². The Labute approximate surface area is 232 Å². The standard InChI is InChI=1S/C33H46F4N2/c1-4-28(29-13-14-30(31(34)22-29)26(3)39-19-8-10-25(2)23-39)12-7-5-6-11-27-15-20-38(21-16-27)24-32(17-9-18-32)33(35,36)37/h4,7,12-14,22,25,27H,3,5-6,8-11,15-21,23-24H2,1-2H3/b12-7-,28-4+. The van der Waals surface area contributed by atoms with Crippen LogP contribution in [0.15, 0.2) is 43.0 Å². The van der Waals surface area contributed by atoms with Crippen LogP contribution in [0.25, 0.3) is 11.3 Å². The van der Waals surface area contributed by atoms with Gasteiger partial charge in [-0.05, 0) is 106 Å². The number of alkyl halides is 3. The van der Waals surface area contributed by atoms with E-state index >= 15 is 4.39 Å². The fourth-order valence-electron chi connectivity index (χ4n) is 6.62. The molecule has 6 heteroatoms. The number of hydrogen-bond acceptors (Lipinski definition) is 2. The molecule has 3 aliphatic rings. The van der Waals surface area contributed by atoms with E-state index in [0.29, 0.717) is 36.7 Å². The summed E-state index contributed by atoms with van der Waals surface area (Å²) in [6.45, 7) is 12.0. The van der Waals surface area contributed by atoms with Crippen LogP contribution in [0.3, 0.4) is 0 Å². The molecule has 2 heterocycles. The number of benzene rings is 1. The summed E-state index contributed by atoms with van der Waals surface area (Å²) in [6.07, 6.45) is 10.9. The van der Waals surface area contributed by atoms with E-state index in [4.69, 9.17) is 0 Å². The van der Waals surface area contributed by atoms with Gasteiger partial charge in [0.1, 0.15) is 5.82 Å². The number of nitrogens with zero attached hydrogens (tertiary/aromatic N) is 2. The first kappa shape index (κ1) is 29.9. The molecule has 1 aromatic carbocycles. The van der Waals surface area contributed by atoms with Gasteiger partial charge in [0.25, 0.3) is 0 Å². The van der Waals surface area contributed by atoms with Gasteiger partial charge in [-0.1, -0.05) is 50.6 Å². The fourth-order valence-corrected chi connectivity index (χ4v) is 6.62. The highest BCUT2D eigenvalue weighted by molar-refractivity contribution is 5.75. The largest absolute Gasteiger partial charge is 0.395 e. The van der Waals surface area contributed by atoms with E-state index in [2.05, 4.69) is 30.6 Å². The lowest BCUT2D eigenvalue weighted by molar-refractivity contribution is -0.256. The first-order chi connectivity index (χ1) is 18.6. The van der Waals surface area contributed by atoms with Crippen LogP contribution in [0.1, 0.15) is 89.2 Å². The van der Waals surface area contributed by atoms with Crippen molar-refractivity contribution in [3.63, 3.8) is 0 Å². The van der Waals surface area contributed by atoms with Crippen molar-refractivity contribution in [3.05, 3.63) is 60.0 Å². The van der Waals surface area contributed by atoms with Gasteiger partial charge in [0.2, 0.25) is 0 Å². The average molecular weight is 547 g/mol. The molecule has 1 aliphatic carbocycles. The predicted octanol–water partition coefficient (Wildman–Crippen LogP) is 9.10. The van der Waals surface area contributed by atoms with Gasteiger partial charge < -0.3 is 9.80 Å². The van der Waals surface area contributed by atoms with Crippen molar-refractivity contribution >= 4 is 11.3 Å². The number of halogens is 4. The molecule has 2 aliphatic heterocycles. The van der Waals surface area contributed by atoms with E-state index in [1.54, 1.807) is 6.07 Å². The van der Waals surface area contributed by atoms with Gasteiger partial charge in [0, 0.05) is 30.9 Å². The number of likely N-dealkylation sites (tertiary alicyclic amines) is 2. The Balaban J connectivity index is 1.20. The zero-order valence-corrected chi connectivity index (χ0v) is 23.8. The van der Waals surface area contributed by atoms with Gasteiger partial charge in [-0.2, -0.15) is 13.2 Å². The molecule has 1 aromatic rings. The molecule has 0 aromatic heterocycles. The third-order valence-electron chi connectivity index (χ3n) is 9.39. The lowest BCUT2D eigenvalue weighted by atomic mass is 9.67. The third kappa shape index (κ3) is 7.36. The lowest BCUT2D eigenvalue weighted by Crippen LogP contribution is -2.53. The van der Waals surface area contributed by atoms with E-state index in [1.807, 2.05) is 30.0 Å². The highest BCUT2D eigenvalue weighted by Gasteiger charge is 2.58. The monoisotopic (exact) mass is 546 g/mol. The van der Waals surface area contributed by atoms with E-state index in [0.717, 1.165) is 81.5 Å². The summed E-state index contributed by atoms with van der Waals surface area (Å²) in [6, 6.07) is 5.46. The Bertz CT molecular complexity index is 1030. The molecule has 1 unspecified atom stereocenters. The maximum Gasteiger partial charge on any atom is 0.395 e. The third-order valence-corrected chi connectivity index (χ3v) is 9.39. The summed E-state index contributed by atoms with van der Waals surface area (Å²) >= 11 is 0. The Morgan fingerprint density at radius 1 is 1.10 bits per heavy atom. The van der Waals surface area contributed by atoms with Crippen LogP contribution >= 0.6 is 0 Å². The fraction of sp³-hybridized carbons (Fsp3) is 0.636. The maximum absolute atomic E-state index is 15.1. The Morgan fingerprint density at radius 3 is 2.44 bits per heavy atom. The summed E-state index contributed by atoms with van der Waals surface area (Å²) in [4.78, 5) is 4.26. The van der Waals surface area contributed by atoms with Crippen LogP contribution in [-0.2, 0) is 0 Å². The number of allylic oxidation sites excluding steroid dienone is 4. The average Bonchev–Trinajstić information content (AvgIpc) is 2.88. The molecule has 0 radical (unpaired) electrons. The molecule has 39 heavy (non-hydrogen) atoms. The minimum Gasteiger partial charge on any atom is -0.371 e. The first-order valence-corrected chi connectivity index (χ1v) is 15.0. The predicted molar refractivity (Wildman–Crippen MR) is 154 cm³/mol. The summed E-state index contributed by atoms with van der Waals surface area (Å²) in [5, 5.41) is 0. The summed E-state index contributed by atoms with van der Waals surface area (Å²) < 4.78 is 55.6. The molecule has 3 fully saturated rings. The molecular formula is C33H46F4N2. The molecule has 2 nitrogen and oxygen atoms in total. The van der Waals surface area contributed by atoms with Gasteiger partial charge in [-0.15, -0.1) is 0 Å². The molecule has 0 spiro atoms. The van der Waals surface area contributed by atoms with Crippen LogP contribution in [0.5, 0.6) is 0 Å². The van der Waals surface area contributed by atoms with Gasteiger partial charge in [0.15, 0.2) is 0 Å². The second kappa shape index (κ2) is 13.1. The number of rotatable bonds is 10. The summed E-state index contributed by atoms with van der Waals surface area (Å²) in [5.74, 6) is 0.970. The molecule has 2 saturated heterocycles. The molecule has 1 atom stereocenters. The van der Waals surface area contributed by atoms with E-state index in [-0.39, 0.29) is 12.4 Å². The number of hydrogen-bond donors (Lipinski definition) is 0. The summed E-state index contributed by atoms with van der Waals surface area (Å²) in [7, 11) is 0. The van der Waals surface area contributed by atoms with Crippen molar-refractivity contribution in [2.75, 3.05) is 32.7 Å². The SMILES string of the molecule is C=C(c1ccc(C(/C=C\CCCC2CCN(CC3(C(F)(F)F)CCC3)CC2)=C/C)cc1F)N1CCCC(C)C1. The second-order valence-electron chi connectivity index (χ2n) is 12.3. The van der Waals surface area contributed by atoms with Gasteiger partial charge in [0.05, 0.1) is 5.41 Å². The number of piperidine rings is 2. The number of unbranched alkanes of at least 4 members (excludes halogenated alkanes) is 1. The van der Waals surface area contributed by atoms with Crippen molar-refractivity contribution in [2.24, 2.45) is 17.3 Å². The van der Waals surface area contributed by atoms with Crippen molar-refractivity contribution in [3.8, 4) is 0 Å². The molecular weight excluding hydrogens is 500 g/mol.